The Morgan fingerprint density at radius 2 is 2.11 bits per heavy atom. The molecule has 3 heteroatoms. The quantitative estimate of drug-likeness (QED) is 0.860. The van der Waals surface area contributed by atoms with Crippen LogP contribution in [-0.4, -0.2) is 16.0 Å². The lowest BCUT2D eigenvalue weighted by Crippen LogP contribution is -2.45. The highest BCUT2D eigenvalue weighted by molar-refractivity contribution is 4.98. The van der Waals surface area contributed by atoms with Crippen molar-refractivity contribution >= 4 is 0 Å². The second-order valence-electron chi connectivity index (χ2n) is 6.97. The number of hydrogen-bond donors (Lipinski definition) is 2. The van der Waals surface area contributed by atoms with Crippen molar-refractivity contribution < 1.29 is 0 Å². The van der Waals surface area contributed by atoms with Gasteiger partial charge in [0.15, 0.2) is 0 Å². The van der Waals surface area contributed by atoms with Crippen LogP contribution < -0.4 is 5.32 Å². The lowest BCUT2D eigenvalue weighted by Gasteiger charge is -2.42. The minimum atomic E-state index is 0.364. The van der Waals surface area contributed by atoms with Crippen molar-refractivity contribution in [1.29, 1.82) is 0 Å². The molecule has 0 aromatic carbocycles. The van der Waals surface area contributed by atoms with Gasteiger partial charge in [0.05, 0.1) is 6.04 Å². The Morgan fingerprint density at radius 3 is 2.68 bits per heavy atom. The predicted octanol–water partition coefficient (Wildman–Crippen LogP) is 4.06. The van der Waals surface area contributed by atoms with Gasteiger partial charge in [0, 0.05) is 18.4 Å². The number of imidazole rings is 1. The molecule has 19 heavy (non-hydrogen) atoms. The molecule has 2 rings (SSSR count). The van der Waals surface area contributed by atoms with Gasteiger partial charge in [0.25, 0.3) is 0 Å². The molecule has 3 nitrogen and oxygen atoms in total. The average molecular weight is 263 g/mol. The van der Waals surface area contributed by atoms with Gasteiger partial charge in [0.2, 0.25) is 0 Å². The lowest BCUT2D eigenvalue weighted by molar-refractivity contribution is 0.121. The summed E-state index contributed by atoms with van der Waals surface area (Å²) in [4.78, 5) is 7.68. The molecule has 1 aliphatic carbocycles. The van der Waals surface area contributed by atoms with Crippen LogP contribution in [0.5, 0.6) is 0 Å². The second-order valence-corrected chi connectivity index (χ2v) is 6.97. The van der Waals surface area contributed by atoms with E-state index in [9.17, 15) is 0 Å². The van der Waals surface area contributed by atoms with Gasteiger partial charge in [-0.15, -0.1) is 0 Å². The van der Waals surface area contributed by atoms with Gasteiger partial charge in [-0.25, -0.2) is 4.98 Å². The second kappa shape index (κ2) is 6.08. The molecule has 1 aliphatic rings. The van der Waals surface area contributed by atoms with E-state index in [1.165, 1.54) is 25.7 Å². The fourth-order valence-electron chi connectivity index (χ4n) is 3.48. The molecule has 0 bridgehead atoms. The summed E-state index contributed by atoms with van der Waals surface area (Å²) >= 11 is 0. The van der Waals surface area contributed by atoms with E-state index < -0.39 is 0 Å². The molecule has 2 N–H and O–H groups in total. The highest BCUT2D eigenvalue weighted by atomic mass is 15.0. The van der Waals surface area contributed by atoms with Crippen molar-refractivity contribution in [2.45, 2.75) is 71.9 Å². The molecule has 0 spiro atoms. The van der Waals surface area contributed by atoms with E-state index in [0.717, 1.165) is 18.2 Å². The maximum absolute atomic E-state index is 4.42. The van der Waals surface area contributed by atoms with Crippen LogP contribution >= 0.6 is 0 Å². The zero-order valence-corrected chi connectivity index (χ0v) is 12.9. The maximum Gasteiger partial charge on any atom is 0.123 e. The Labute approximate surface area is 117 Å². The van der Waals surface area contributed by atoms with Crippen LogP contribution in [0.1, 0.15) is 71.7 Å². The number of nitrogens with one attached hydrogen (secondary N) is 2. The highest BCUT2D eigenvalue weighted by Crippen LogP contribution is 2.38. The monoisotopic (exact) mass is 263 g/mol. The Bertz CT molecular complexity index is 364. The third-order valence-corrected chi connectivity index (χ3v) is 4.55. The summed E-state index contributed by atoms with van der Waals surface area (Å²) in [6.07, 6.45) is 10.3. The van der Waals surface area contributed by atoms with Gasteiger partial charge < -0.3 is 10.3 Å². The maximum atomic E-state index is 4.42. The van der Waals surface area contributed by atoms with E-state index in [0.29, 0.717) is 17.5 Å². The largest absolute Gasteiger partial charge is 0.347 e. The minimum Gasteiger partial charge on any atom is -0.347 e. The first-order chi connectivity index (χ1) is 9.02. The molecule has 0 radical (unpaired) electrons. The third kappa shape index (κ3) is 3.59. The normalized spacial score (nSPS) is 26.3. The number of aromatic amines is 1. The lowest BCUT2D eigenvalue weighted by atomic mass is 9.69. The van der Waals surface area contributed by atoms with Crippen LogP contribution in [0, 0.1) is 11.3 Å². The van der Waals surface area contributed by atoms with Crippen molar-refractivity contribution in [3.63, 3.8) is 0 Å². The molecule has 108 valence electrons. The standard InChI is InChI=1S/C16H29N3/c1-5-13(15-17-10-11-18-15)19-14-9-7-6-8-12(14)16(2,3)4/h10-14,19H,5-9H2,1-4H3,(H,17,18). The molecule has 0 saturated heterocycles. The Morgan fingerprint density at radius 1 is 1.37 bits per heavy atom. The Balaban J connectivity index is 2.06. The Hall–Kier alpha value is -0.830. The first-order valence-corrected chi connectivity index (χ1v) is 7.77. The molecule has 1 saturated carbocycles. The molecule has 1 heterocycles. The van der Waals surface area contributed by atoms with Crippen LogP contribution in [0.15, 0.2) is 12.4 Å². The van der Waals surface area contributed by atoms with Crippen molar-refractivity contribution in [2.24, 2.45) is 11.3 Å². The summed E-state index contributed by atoms with van der Waals surface area (Å²) in [5.74, 6) is 1.85. The molecule has 1 aromatic heterocycles. The topological polar surface area (TPSA) is 40.7 Å². The number of H-pyrrole nitrogens is 1. The average Bonchev–Trinajstić information content (AvgIpc) is 2.89. The first kappa shape index (κ1) is 14.6. The first-order valence-electron chi connectivity index (χ1n) is 7.77. The van der Waals surface area contributed by atoms with Gasteiger partial charge >= 0.3 is 0 Å². The van der Waals surface area contributed by atoms with E-state index in [1.54, 1.807) is 0 Å². The van der Waals surface area contributed by atoms with Gasteiger partial charge in [-0.05, 0) is 30.6 Å². The van der Waals surface area contributed by atoms with Crippen LogP contribution in [-0.2, 0) is 0 Å². The zero-order valence-electron chi connectivity index (χ0n) is 12.9. The van der Waals surface area contributed by atoms with E-state index in [-0.39, 0.29) is 0 Å². The van der Waals surface area contributed by atoms with Gasteiger partial charge in [-0.3, -0.25) is 0 Å². The molecular formula is C16H29N3. The summed E-state index contributed by atoms with van der Waals surface area (Å²) in [5.41, 5.74) is 0.388. The van der Waals surface area contributed by atoms with Crippen LogP contribution in [0.25, 0.3) is 0 Å². The molecule has 3 unspecified atom stereocenters. The van der Waals surface area contributed by atoms with Gasteiger partial charge in [0.1, 0.15) is 5.82 Å². The molecular weight excluding hydrogens is 234 g/mol. The van der Waals surface area contributed by atoms with Gasteiger partial charge in [-0.1, -0.05) is 40.5 Å². The third-order valence-electron chi connectivity index (χ3n) is 4.55. The van der Waals surface area contributed by atoms with Crippen molar-refractivity contribution in [2.75, 3.05) is 0 Å². The fourth-order valence-corrected chi connectivity index (χ4v) is 3.48. The summed E-state index contributed by atoms with van der Waals surface area (Å²) in [6.45, 7) is 9.37. The fraction of sp³-hybridized carbons (Fsp3) is 0.812. The number of aromatic nitrogens is 2. The molecule has 0 aliphatic heterocycles. The van der Waals surface area contributed by atoms with Crippen molar-refractivity contribution in [1.82, 2.24) is 15.3 Å². The Kier molecular flexibility index (Phi) is 4.67. The van der Waals surface area contributed by atoms with Crippen LogP contribution in [0.2, 0.25) is 0 Å². The van der Waals surface area contributed by atoms with Crippen LogP contribution in [0.3, 0.4) is 0 Å². The van der Waals surface area contributed by atoms with Crippen molar-refractivity contribution in [3.8, 4) is 0 Å². The molecule has 3 atom stereocenters. The van der Waals surface area contributed by atoms with E-state index in [2.05, 4.69) is 43.0 Å². The van der Waals surface area contributed by atoms with E-state index >= 15 is 0 Å². The highest BCUT2D eigenvalue weighted by Gasteiger charge is 2.35. The van der Waals surface area contributed by atoms with E-state index in [1.807, 2.05) is 12.4 Å². The van der Waals surface area contributed by atoms with Gasteiger partial charge in [-0.2, -0.15) is 0 Å². The minimum absolute atomic E-state index is 0.364. The summed E-state index contributed by atoms with van der Waals surface area (Å²) in [6, 6.07) is 0.992. The number of hydrogen-bond acceptors (Lipinski definition) is 2. The zero-order chi connectivity index (χ0) is 13.9. The summed E-state index contributed by atoms with van der Waals surface area (Å²) in [7, 11) is 0. The summed E-state index contributed by atoms with van der Waals surface area (Å²) < 4.78 is 0. The smallest absolute Gasteiger partial charge is 0.123 e. The molecule has 1 aromatic rings. The SMILES string of the molecule is CCC(NC1CCCCC1C(C)(C)C)c1ncc[nH]1. The van der Waals surface area contributed by atoms with E-state index in [4.69, 9.17) is 0 Å². The van der Waals surface area contributed by atoms with Crippen molar-refractivity contribution in [3.05, 3.63) is 18.2 Å². The number of rotatable bonds is 4. The molecule has 1 fully saturated rings. The summed E-state index contributed by atoms with van der Waals surface area (Å²) in [5, 5.41) is 3.87. The number of nitrogens with zero attached hydrogens (tertiary/aromatic N) is 1. The predicted molar refractivity (Wildman–Crippen MR) is 80.0 cm³/mol. The van der Waals surface area contributed by atoms with Crippen LogP contribution in [0.4, 0.5) is 0 Å². The molecule has 0 amide bonds.